The van der Waals surface area contributed by atoms with Gasteiger partial charge in [-0.15, -0.1) is 0 Å². The monoisotopic (exact) mass is 471 g/mol. The van der Waals surface area contributed by atoms with E-state index >= 15 is 0 Å². The highest BCUT2D eigenvalue weighted by Crippen LogP contribution is 2.34. The number of rotatable bonds is 9. The molecule has 33 heavy (non-hydrogen) atoms. The lowest BCUT2D eigenvalue weighted by atomic mass is 9.78. The van der Waals surface area contributed by atoms with Crippen LogP contribution in [0.2, 0.25) is 0 Å². The molecule has 0 saturated heterocycles. The SMILES string of the molecule is CCC[C@@H]1C[C@H](N(C)C(C)C)CC[C@@H]1NC(=O)CC(=O)Nc1cc(OC)cc(C(F)(F)F)c1. The van der Waals surface area contributed by atoms with E-state index in [0.29, 0.717) is 18.0 Å². The molecule has 2 N–H and O–H groups in total. The molecule has 0 aliphatic heterocycles. The van der Waals surface area contributed by atoms with Crippen molar-refractivity contribution in [2.75, 3.05) is 19.5 Å². The number of nitrogens with zero attached hydrogens (tertiary/aromatic N) is 1. The number of methoxy groups -OCH3 is 1. The first kappa shape index (κ1) is 27.0. The van der Waals surface area contributed by atoms with E-state index in [0.717, 1.165) is 44.2 Å². The van der Waals surface area contributed by atoms with Crippen LogP contribution in [0.4, 0.5) is 18.9 Å². The van der Waals surface area contributed by atoms with Crippen molar-refractivity contribution in [3.8, 4) is 5.75 Å². The summed E-state index contributed by atoms with van der Waals surface area (Å²) < 4.78 is 44.1. The van der Waals surface area contributed by atoms with Crippen LogP contribution in [0.3, 0.4) is 0 Å². The Labute approximate surface area is 194 Å². The van der Waals surface area contributed by atoms with E-state index in [-0.39, 0.29) is 17.5 Å². The maximum atomic E-state index is 13.1. The minimum atomic E-state index is -4.58. The fourth-order valence-corrected chi connectivity index (χ4v) is 4.47. The molecule has 2 rings (SSSR count). The molecule has 0 heterocycles. The predicted molar refractivity (Wildman–Crippen MR) is 122 cm³/mol. The summed E-state index contributed by atoms with van der Waals surface area (Å²) in [6.07, 6.45) is -0.244. The van der Waals surface area contributed by atoms with E-state index in [2.05, 4.69) is 43.4 Å². The zero-order chi connectivity index (χ0) is 24.8. The van der Waals surface area contributed by atoms with Gasteiger partial charge >= 0.3 is 6.18 Å². The van der Waals surface area contributed by atoms with Crippen molar-refractivity contribution in [2.24, 2.45) is 5.92 Å². The molecule has 0 aromatic heterocycles. The summed E-state index contributed by atoms with van der Waals surface area (Å²) in [5.74, 6) is -0.799. The molecule has 1 aliphatic rings. The standard InChI is InChI=1S/C24H36F3N3O3/c1-6-7-16-10-19(30(4)15(2)3)8-9-21(16)29-23(32)14-22(31)28-18-11-17(24(25,26)27)12-20(13-18)33-5/h11-13,15-16,19,21H,6-10,14H2,1-5H3,(H,28,31)(H,29,32)/t16-,19-,21+/m1/s1. The lowest BCUT2D eigenvalue weighted by Crippen LogP contribution is -2.49. The highest BCUT2D eigenvalue weighted by molar-refractivity contribution is 6.03. The van der Waals surface area contributed by atoms with E-state index in [4.69, 9.17) is 4.74 Å². The summed E-state index contributed by atoms with van der Waals surface area (Å²) in [7, 11) is 3.37. The van der Waals surface area contributed by atoms with Gasteiger partial charge in [-0.2, -0.15) is 13.2 Å². The highest BCUT2D eigenvalue weighted by atomic mass is 19.4. The van der Waals surface area contributed by atoms with Crippen molar-refractivity contribution < 1.29 is 27.5 Å². The Morgan fingerprint density at radius 3 is 2.45 bits per heavy atom. The highest BCUT2D eigenvalue weighted by Gasteiger charge is 2.34. The third-order valence-corrected chi connectivity index (χ3v) is 6.43. The van der Waals surface area contributed by atoms with Gasteiger partial charge in [-0.25, -0.2) is 0 Å². The molecule has 0 radical (unpaired) electrons. The van der Waals surface area contributed by atoms with Crippen LogP contribution in [-0.2, 0) is 15.8 Å². The Kier molecular flexibility index (Phi) is 9.57. The Morgan fingerprint density at radius 2 is 1.88 bits per heavy atom. The number of carbonyl (C=O) groups is 2. The van der Waals surface area contributed by atoms with Crippen LogP contribution < -0.4 is 15.4 Å². The predicted octanol–water partition coefficient (Wildman–Crippen LogP) is 4.84. The molecule has 3 atom stereocenters. The summed E-state index contributed by atoms with van der Waals surface area (Å²) in [6, 6.07) is 3.87. The molecule has 0 bridgehead atoms. The first-order chi connectivity index (χ1) is 15.4. The Bertz CT molecular complexity index is 814. The van der Waals surface area contributed by atoms with Gasteiger partial charge in [0.2, 0.25) is 11.8 Å². The van der Waals surface area contributed by atoms with Crippen LogP contribution in [0.25, 0.3) is 0 Å². The van der Waals surface area contributed by atoms with Gasteiger partial charge in [0.15, 0.2) is 0 Å². The number of halogens is 3. The normalized spacial score (nSPS) is 21.2. The molecule has 6 nitrogen and oxygen atoms in total. The molecule has 1 aliphatic carbocycles. The molecule has 1 fully saturated rings. The van der Waals surface area contributed by atoms with Crippen LogP contribution in [0.15, 0.2) is 18.2 Å². The number of carbonyl (C=O) groups excluding carboxylic acids is 2. The van der Waals surface area contributed by atoms with Gasteiger partial charge in [-0.3, -0.25) is 9.59 Å². The largest absolute Gasteiger partial charge is 0.497 e. The number of nitrogens with one attached hydrogen (secondary N) is 2. The Balaban J connectivity index is 1.98. The lowest BCUT2D eigenvalue weighted by Gasteiger charge is -2.41. The van der Waals surface area contributed by atoms with E-state index in [1.54, 1.807) is 0 Å². The topological polar surface area (TPSA) is 70.7 Å². The summed E-state index contributed by atoms with van der Waals surface area (Å²) in [6.45, 7) is 6.45. The minimum absolute atomic E-state index is 0.00397. The second kappa shape index (κ2) is 11.7. The van der Waals surface area contributed by atoms with Gasteiger partial charge in [-0.05, 0) is 64.6 Å². The van der Waals surface area contributed by atoms with Crippen LogP contribution >= 0.6 is 0 Å². The lowest BCUT2D eigenvalue weighted by molar-refractivity contribution is -0.137. The van der Waals surface area contributed by atoms with Crippen LogP contribution in [-0.4, -0.2) is 49.0 Å². The molecule has 1 aromatic rings. The van der Waals surface area contributed by atoms with Crippen LogP contribution in [0, 0.1) is 5.92 Å². The van der Waals surface area contributed by atoms with E-state index in [1.807, 2.05) is 0 Å². The third kappa shape index (κ3) is 7.91. The average molecular weight is 472 g/mol. The molecule has 9 heteroatoms. The quantitative estimate of drug-likeness (QED) is 0.506. The molecular weight excluding hydrogens is 435 g/mol. The van der Waals surface area contributed by atoms with Crippen molar-refractivity contribution in [3.05, 3.63) is 23.8 Å². The van der Waals surface area contributed by atoms with Gasteiger partial charge in [0.25, 0.3) is 0 Å². The Hall–Kier alpha value is -2.29. The Morgan fingerprint density at radius 1 is 1.18 bits per heavy atom. The van der Waals surface area contributed by atoms with Crippen molar-refractivity contribution in [1.82, 2.24) is 10.2 Å². The molecule has 0 spiro atoms. The summed E-state index contributed by atoms with van der Waals surface area (Å²) >= 11 is 0. The second-order valence-corrected chi connectivity index (χ2v) is 9.12. The van der Waals surface area contributed by atoms with Crippen LogP contribution in [0.5, 0.6) is 5.75 Å². The van der Waals surface area contributed by atoms with Crippen LogP contribution in [0.1, 0.15) is 64.9 Å². The first-order valence-electron chi connectivity index (χ1n) is 11.5. The number of hydrogen-bond acceptors (Lipinski definition) is 4. The van der Waals surface area contributed by atoms with E-state index < -0.39 is 30.0 Å². The number of amides is 2. The molecule has 186 valence electrons. The number of benzene rings is 1. The zero-order valence-electron chi connectivity index (χ0n) is 20.1. The van der Waals surface area contributed by atoms with E-state index in [1.165, 1.54) is 13.2 Å². The van der Waals surface area contributed by atoms with Gasteiger partial charge in [0.05, 0.1) is 12.7 Å². The molecule has 0 unspecified atom stereocenters. The maximum absolute atomic E-state index is 13.1. The summed E-state index contributed by atoms with van der Waals surface area (Å²) in [5, 5.41) is 5.38. The molecule has 1 saturated carbocycles. The molecular formula is C24H36F3N3O3. The third-order valence-electron chi connectivity index (χ3n) is 6.43. The number of hydrogen-bond donors (Lipinski definition) is 2. The number of ether oxygens (including phenoxy) is 1. The van der Waals surface area contributed by atoms with Crippen molar-refractivity contribution >= 4 is 17.5 Å². The van der Waals surface area contributed by atoms with Crippen molar-refractivity contribution in [1.29, 1.82) is 0 Å². The van der Waals surface area contributed by atoms with Gasteiger partial charge in [-0.1, -0.05) is 13.3 Å². The van der Waals surface area contributed by atoms with Gasteiger partial charge < -0.3 is 20.3 Å². The van der Waals surface area contributed by atoms with Gasteiger partial charge in [0, 0.05) is 29.9 Å². The maximum Gasteiger partial charge on any atom is 0.416 e. The average Bonchev–Trinajstić information content (AvgIpc) is 2.73. The van der Waals surface area contributed by atoms with Gasteiger partial charge in [0.1, 0.15) is 12.2 Å². The zero-order valence-corrected chi connectivity index (χ0v) is 20.1. The first-order valence-corrected chi connectivity index (χ1v) is 11.5. The molecule has 2 amide bonds. The summed E-state index contributed by atoms with van der Waals surface area (Å²) in [4.78, 5) is 27.3. The fourth-order valence-electron chi connectivity index (χ4n) is 4.47. The van der Waals surface area contributed by atoms with Crippen molar-refractivity contribution in [3.63, 3.8) is 0 Å². The smallest absolute Gasteiger partial charge is 0.416 e. The second-order valence-electron chi connectivity index (χ2n) is 9.12. The molecule has 1 aromatic carbocycles. The number of anilines is 1. The fraction of sp³-hybridized carbons (Fsp3) is 0.667. The minimum Gasteiger partial charge on any atom is -0.497 e. The number of alkyl halides is 3. The van der Waals surface area contributed by atoms with E-state index in [9.17, 15) is 22.8 Å². The summed E-state index contributed by atoms with van der Waals surface area (Å²) in [5.41, 5.74) is -1.01. The van der Waals surface area contributed by atoms with Crippen molar-refractivity contribution in [2.45, 2.75) is 83.6 Å².